The smallest absolute Gasteiger partial charge is 0.308 e. The van der Waals surface area contributed by atoms with Gasteiger partial charge in [-0.2, -0.15) is 0 Å². The minimum absolute atomic E-state index is 0.0134. The highest BCUT2D eigenvalue weighted by molar-refractivity contribution is 7.54. The molecule has 0 radical (unpaired) electrons. The summed E-state index contributed by atoms with van der Waals surface area (Å²) >= 11 is 11.8. The van der Waals surface area contributed by atoms with E-state index in [0.29, 0.717) is 21.2 Å². The molecule has 0 bridgehead atoms. The second kappa shape index (κ2) is 9.68. The van der Waals surface area contributed by atoms with Crippen molar-refractivity contribution in [3.63, 3.8) is 0 Å². The lowest BCUT2D eigenvalue weighted by Crippen LogP contribution is -2.12. The van der Waals surface area contributed by atoms with E-state index in [2.05, 4.69) is 0 Å². The molecule has 0 aliphatic rings. The van der Waals surface area contributed by atoms with Crippen molar-refractivity contribution in [2.24, 2.45) is 0 Å². The van der Waals surface area contributed by atoms with E-state index in [1.54, 1.807) is 62.4 Å². The van der Waals surface area contributed by atoms with E-state index in [9.17, 15) is 9.36 Å². The van der Waals surface area contributed by atoms with Gasteiger partial charge in [-0.1, -0.05) is 35.3 Å². The van der Waals surface area contributed by atoms with Crippen molar-refractivity contribution in [3.05, 3.63) is 69.7 Å². The summed E-state index contributed by atoms with van der Waals surface area (Å²) in [4.78, 5) is 12.8. The molecule has 1 unspecified atom stereocenters. The van der Waals surface area contributed by atoms with Crippen molar-refractivity contribution in [2.45, 2.75) is 25.9 Å². The topological polar surface area (TPSA) is 52.6 Å². The maximum atomic E-state index is 13.4. The number of ketones is 1. The highest BCUT2D eigenvalue weighted by Crippen LogP contribution is 2.62. The van der Waals surface area contributed by atoms with Crippen LogP contribution >= 0.6 is 30.8 Å². The maximum absolute atomic E-state index is 13.4. The van der Waals surface area contributed by atoms with Crippen molar-refractivity contribution in [2.75, 3.05) is 13.2 Å². The normalized spacial score (nSPS) is 12.8. The molecule has 0 amide bonds. The van der Waals surface area contributed by atoms with E-state index in [-0.39, 0.29) is 25.4 Å². The number of carbonyl (C=O) groups excluding carboxylic acids is 1. The van der Waals surface area contributed by atoms with Crippen LogP contribution in [0.15, 0.2) is 48.5 Å². The zero-order valence-electron chi connectivity index (χ0n) is 14.7. The molecule has 2 aromatic carbocycles. The molecular formula is C19H21Cl2O4P. The highest BCUT2D eigenvalue weighted by Gasteiger charge is 2.38. The van der Waals surface area contributed by atoms with Gasteiger partial charge in [0.2, 0.25) is 0 Å². The van der Waals surface area contributed by atoms with Crippen molar-refractivity contribution in [3.8, 4) is 0 Å². The Labute approximate surface area is 164 Å². The third-order valence-electron chi connectivity index (χ3n) is 3.80. The number of carbonyl (C=O) groups is 1. The molecule has 2 aromatic rings. The Morgan fingerprint density at radius 2 is 1.38 bits per heavy atom. The maximum Gasteiger partial charge on any atom is 0.338 e. The first-order valence-corrected chi connectivity index (χ1v) is 10.7. The first-order chi connectivity index (χ1) is 12.4. The van der Waals surface area contributed by atoms with Crippen LogP contribution < -0.4 is 0 Å². The standard InChI is InChI=1S/C19H21Cl2O4P/c1-3-24-26(23,25-4-2)19(15-7-11-17(21)12-8-15)13-18(22)14-5-9-16(20)10-6-14/h5-12,19H,3-4,13H2,1-2H3. The van der Waals surface area contributed by atoms with Crippen LogP contribution in [0, 0.1) is 0 Å². The third-order valence-corrected chi connectivity index (χ3v) is 6.78. The lowest BCUT2D eigenvalue weighted by molar-refractivity contribution is 0.0973. The van der Waals surface area contributed by atoms with Crippen LogP contribution in [0.2, 0.25) is 10.0 Å². The molecule has 2 rings (SSSR count). The monoisotopic (exact) mass is 414 g/mol. The van der Waals surface area contributed by atoms with Gasteiger partial charge in [0.15, 0.2) is 5.78 Å². The van der Waals surface area contributed by atoms with Gasteiger partial charge in [0.05, 0.1) is 18.9 Å². The summed E-state index contributed by atoms with van der Waals surface area (Å²) < 4.78 is 24.4. The summed E-state index contributed by atoms with van der Waals surface area (Å²) in [5.41, 5.74) is 0.456. The van der Waals surface area contributed by atoms with Crippen LogP contribution in [-0.2, 0) is 13.6 Å². The van der Waals surface area contributed by atoms with E-state index in [1.807, 2.05) is 0 Å². The summed E-state index contributed by atoms with van der Waals surface area (Å²) in [7, 11) is -3.54. The number of halogens is 2. The molecule has 7 heteroatoms. The Kier molecular flexibility index (Phi) is 7.87. The summed E-state index contributed by atoms with van der Waals surface area (Å²) in [6.07, 6.45) is -0.0134. The zero-order chi connectivity index (χ0) is 19.2. The molecule has 0 fully saturated rings. The number of hydrogen-bond donors (Lipinski definition) is 0. The predicted octanol–water partition coefficient (Wildman–Crippen LogP) is 6.57. The lowest BCUT2D eigenvalue weighted by Gasteiger charge is -2.26. The minimum atomic E-state index is -3.54. The highest BCUT2D eigenvalue weighted by atomic mass is 35.5. The van der Waals surface area contributed by atoms with E-state index in [1.165, 1.54) is 0 Å². The molecule has 0 aliphatic carbocycles. The van der Waals surface area contributed by atoms with Crippen molar-refractivity contribution in [1.29, 1.82) is 0 Å². The molecular weight excluding hydrogens is 394 g/mol. The Hall–Kier alpha value is -1.16. The second-order valence-corrected chi connectivity index (χ2v) is 8.67. The van der Waals surface area contributed by atoms with Gasteiger partial charge in [-0.25, -0.2) is 0 Å². The molecule has 0 aromatic heterocycles. The molecule has 4 nitrogen and oxygen atoms in total. The van der Waals surface area contributed by atoms with Crippen LogP contribution in [0.5, 0.6) is 0 Å². The molecule has 0 saturated heterocycles. The first-order valence-electron chi connectivity index (χ1n) is 8.32. The number of rotatable bonds is 9. The zero-order valence-corrected chi connectivity index (χ0v) is 17.1. The molecule has 26 heavy (non-hydrogen) atoms. The average Bonchev–Trinajstić information content (AvgIpc) is 2.61. The summed E-state index contributed by atoms with van der Waals surface area (Å²) in [5, 5.41) is 1.10. The summed E-state index contributed by atoms with van der Waals surface area (Å²) in [6, 6.07) is 13.5. The summed E-state index contributed by atoms with van der Waals surface area (Å²) in [6.45, 7) is 3.92. The van der Waals surface area contributed by atoms with Gasteiger partial charge >= 0.3 is 7.60 Å². The van der Waals surface area contributed by atoms with Crippen LogP contribution in [0.25, 0.3) is 0 Å². The molecule has 0 spiro atoms. The Morgan fingerprint density at radius 1 is 0.923 bits per heavy atom. The van der Waals surface area contributed by atoms with E-state index in [0.717, 1.165) is 0 Å². The van der Waals surface area contributed by atoms with Gasteiger partial charge in [0, 0.05) is 22.0 Å². The molecule has 0 saturated carbocycles. The van der Waals surface area contributed by atoms with E-state index in [4.69, 9.17) is 32.2 Å². The molecule has 1 atom stereocenters. The van der Waals surface area contributed by atoms with Gasteiger partial charge in [-0.15, -0.1) is 0 Å². The minimum Gasteiger partial charge on any atom is -0.308 e. The SMILES string of the molecule is CCOP(=O)(OCC)C(CC(=O)c1ccc(Cl)cc1)c1ccc(Cl)cc1. The van der Waals surface area contributed by atoms with Crippen molar-refractivity contribution >= 4 is 36.6 Å². The van der Waals surface area contributed by atoms with Crippen LogP contribution in [0.4, 0.5) is 0 Å². The van der Waals surface area contributed by atoms with Crippen LogP contribution in [0.1, 0.15) is 41.8 Å². The largest absolute Gasteiger partial charge is 0.338 e. The average molecular weight is 415 g/mol. The Balaban J connectivity index is 2.39. The third kappa shape index (κ3) is 5.42. The first kappa shape index (κ1) is 21.1. The molecule has 0 N–H and O–H groups in total. The summed E-state index contributed by atoms with van der Waals surface area (Å²) in [5.74, 6) is -0.166. The number of hydrogen-bond acceptors (Lipinski definition) is 4. The van der Waals surface area contributed by atoms with Gasteiger partial charge < -0.3 is 9.05 Å². The predicted molar refractivity (Wildman–Crippen MR) is 105 cm³/mol. The van der Waals surface area contributed by atoms with Gasteiger partial charge in [0.1, 0.15) is 0 Å². The van der Waals surface area contributed by atoms with Crippen LogP contribution in [0.3, 0.4) is 0 Å². The van der Waals surface area contributed by atoms with Crippen molar-refractivity contribution in [1.82, 2.24) is 0 Å². The van der Waals surface area contributed by atoms with E-state index >= 15 is 0 Å². The molecule has 0 heterocycles. The number of benzene rings is 2. The fraction of sp³-hybridized carbons (Fsp3) is 0.316. The second-order valence-electron chi connectivity index (χ2n) is 5.58. The lowest BCUT2D eigenvalue weighted by atomic mass is 10.0. The van der Waals surface area contributed by atoms with Crippen molar-refractivity contribution < 1.29 is 18.4 Å². The van der Waals surface area contributed by atoms with E-state index < -0.39 is 13.3 Å². The van der Waals surface area contributed by atoms with Gasteiger partial charge in [0.25, 0.3) is 0 Å². The fourth-order valence-electron chi connectivity index (χ4n) is 2.60. The van der Waals surface area contributed by atoms with Gasteiger partial charge in [-0.3, -0.25) is 9.36 Å². The molecule has 140 valence electrons. The fourth-order valence-corrected chi connectivity index (χ4v) is 4.94. The Bertz CT molecular complexity index is 765. The molecule has 0 aliphatic heterocycles. The number of Topliss-reactive ketones (excluding diaryl/α,β-unsaturated/α-hetero) is 1. The quantitative estimate of drug-likeness (QED) is 0.343. The van der Waals surface area contributed by atoms with Crippen LogP contribution in [-0.4, -0.2) is 19.0 Å². The van der Waals surface area contributed by atoms with Gasteiger partial charge in [-0.05, 0) is 55.8 Å². The Morgan fingerprint density at radius 3 is 1.85 bits per heavy atom.